The van der Waals surface area contributed by atoms with Crippen molar-refractivity contribution < 1.29 is 4.79 Å². The number of nitrogens with zero attached hydrogens (tertiary/aromatic N) is 2. The van der Waals surface area contributed by atoms with E-state index in [-0.39, 0.29) is 5.91 Å². The van der Waals surface area contributed by atoms with Crippen molar-refractivity contribution in [3.8, 4) is 0 Å². The molecule has 1 heterocycles. The zero-order valence-corrected chi connectivity index (χ0v) is 10.5. The van der Waals surface area contributed by atoms with E-state index in [1.54, 1.807) is 11.7 Å². The average molecular weight is 236 g/mol. The number of hydrogen-bond donors (Lipinski definition) is 2. The third kappa shape index (κ3) is 2.28. The summed E-state index contributed by atoms with van der Waals surface area (Å²) in [6.07, 6.45) is 4.48. The summed E-state index contributed by atoms with van der Waals surface area (Å²) in [5.74, 6) is 0.545. The Labute approximate surface area is 101 Å². The second-order valence-electron chi connectivity index (χ2n) is 4.69. The Morgan fingerprint density at radius 3 is 2.76 bits per heavy atom. The van der Waals surface area contributed by atoms with Gasteiger partial charge in [-0.05, 0) is 25.2 Å². The van der Waals surface area contributed by atoms with Crippen molar-refractivity contribution in [1.29, 1.82) is 0 Å². The molecule has 1 aliphatic carbocycles. The van der Waals surface area contributed by atoms with Crippen LogP contribution in [0.3, 0.4) is 0 Å². The van der Waals surface area contributed by atoms with Gasteiger partial charge in [-0.25, -0.2) is 0 Å². The molecule has 1 aromatic rings. The van der Waals surface area contributed by atoms with Crippen LogP contribution in [0.4, 0.5) is 5.69 Å². The summed E-state index contributed by atoms with van der Waals surface area (Å²) in [6, 6.07) is 0. The number of nitrogens with two attached hydrogens (primary N) is 1. The molecule has 17 heavy (non-hydrogen) atoms. The van der Waals surface area contributed by atoms with Crippen molar-refractivity contribution in [2.24, 2.45) is 13.0 Å². The standard InChI is InChI=1S/C12H20N4O/c1-3-9-10(13)11(16(2)15-9)12(17)14-7-8-5-4-6-8/h8H,3-7,13H2,1-2H3,(H,14,17). The highest BCUT2D eigenvalue weighted by Gasteiger charge is 2.22. The number of rotatable bonds is 4. The Morgan fingerprint density at radius 1 is 1.59 bits per heavy atom. The minimum atomic E-state index is -0.107. The predicted octanol–water partition coefficient (Wildman–Crippen LogP) is 1.09. The molecule has 0 atom stereocenters. The summed E-state index contributed by atoms with van der Waals surface area (Å²) in [6.45, 7) is 2.74. The fourth-order valence-electron chi connectivity index (χ4n) is 2.14. The Morgan fingerprint density at radius 2 is 2.29 bits per heavy atom. The summed E-state index contributed by atoms with van der Waals surface area (Å²) >= 11 is 0. The molecule has 5 heteroatoms. The zero-order chi connectivity index (χ0) is 12.4. The normalized spacial score (nSPS) is 15.6. The SMILES string of the molecule is CCc1nn(C)c(C(=O)NCC2CCC2)c1N. The minimum Gasteiger partial charge on any atom is -0.395 e. The number of hydrogen-bond acceptors (Lipinski definition) is 3. The Kier molecular flexibility index (Phi) is 3.36. The molecule has 0 spiro atoms. The van der Waals surface area contributed by atoms with E-state index in [1.807, 2.05) is 6.92 Å². The molecule has 1 saturated carbocycles. The largest absolute Gasteiger partial charge is 0.395 e. The minimum absolute atomic E-state index is 0.107. The highest BCUT2D eigenvalue weighted by Crippen LogP contribution is 2.25. The summed E-state index contributed by atoms with van der Waals surface area (Å²) in [5.41, 5.74) is 7.72. The van der Waals surface area contributed by atoms with Gasteiger partial charge in [0.05, 0.1) is 11.4 Å². The van der Waals surface area contributed by atoms with Crippen LogP contribution < -0.4 is 11.1 Å². The Balaban J connectivity index is 2.04. The lowest BCUT2D eigenvalue weighted by Crippen LogP contribution is -2.33. The molecule has 3 N–H and O–H groups in total. The summed E-state index contributed by atoms with van der Waals surface area (Å²) in [5, 5.41) is 7.18. The molecule has 0 aromatic carbocycles. The van der Waals surface area contributed by atoms with Crippen molar-refractivity contribution in [2.75, 3.05) is 12.3 Å². The van der Waals surface area contributed by atoms with Crippen LogP contribution in [-0.4, -0.2) is 22.2 Å². The Hall–Kier alpha value is -1.52. The first-order valence-corrected chi connectivity index (χ1v) is 6.23. The molecular weight excluding hydrogens is 216 g/mol. The fraction of sp³-hybridized carbons (Fsp3) is 0.667. The molecular formula is C12H20N4O. The van der Waals surface area contributed by atoms with Gasteiger partial charge >= 0.3 is 0 Å². The third-order valence-corrected chi connectivity index (χ3v) is 3.49. The first-order valence-electron chi connectivity index (χ1n) is 6.23. The second kappa shape index (κ2) is 4.77. The van der Waals surface area contributed by atoms with Crippen LogP contribution >= 0.6 is 0 Å². The maximum Gasteiger partial charge on any atom is 0.271 e. The van der Waals surface area contributed by atoms with Gasteiger partial charge in [0.15, 0.2) is 0 Å². The van der Waals surface area contributed by atoms with E-state index in [9.17, 15) is 4.79 Å². The van der Waals surface area contributed by atoms with Crippen LogP contribution in [0.1, 0.15) is 42.4 Å². The summed E-state index contributed by atoms with van der Waals surface area (Å²) in [7, 11) is 1.76. The molecule has 1 aliphatic rings. The molecule has 2 rings (SSSR count). The zero-order valence-electron chi connectivity index (χ0n) is 10.5. The van der Waals surface area contributed by atoms with Crippen molar-refractivity contribution in [2.45, 2.75) is 32.6 Å². The van der Waals surface area contributed by atoms with Crippen molar-refractivity contribution >= 4 is 11.6 Å². The van der Waals surface area contributed by atoms with Crippen LogP contribution in [0.2, 0.25) is 0 Å². The van der Waals surface area contributed by atoms with E-state index < -0.39 is 0 Å². The van der Waals surface area contributed by atoms with E-state index in [0.29, 0.717) is 17.3 Å². The van der Waals surface area contributed by atoms with Gasteiger partial charge < -0.3 is 11.1 Å². The van der Waals surface area contributed by atoms with Crippen molar-refractivity contribution in [1.82, 2.24) is 15.1 Å². The maximum atomic E-state index is 12.0. The summed E-state index contributed by atoms with van der Waals surface area (Å²) in [4.78, 5) is 12.0. The number of carbonyl (C=O) groups is 1. The van der Waals surface area contributed by atoms with Gasteiger partial charge in [0.25, 0.3) is 5.91 Å². The van der Waals surface area contributed by atoms with E-state index in [0.717, 1.165) is 18.7 Å². The van der Waals surface area contributed by atoms with Crippen molar-refractivity contribution in [3.63, 3.8) is 0 Å². The topological polar surface area (TPSA) is 72.9 Å². The van der Waals surface area contributed by atoms with Gasteiger partial charge in [0.1, 0.15) is 5.69 Å². The highest BCUT2D eigenvalue weighted by atomic mass is 16.2. The maximum absolute atomic E-state index is 12.0. The number of aryl methyl sites for hydroxylation is 2. The van der Waals surface area contributed by atoms with Gasteiger partial charge in [-0.1, -0.05) is 13.3 Å². The molecule has 1 aromatic heterocycles. The molecule has 0 saturated heterocycles. The lowest BCUT2D eigenvalue weighted by Gasteiger charge is -2.25. The highest BCUT2D eigenvalue weighted by molar-refractivity contribution is 5.97. The van der Waals surface area contributed by atoms with Gasteiger partial charge in [0, 0.05) is 13.6 Å². The van der Waals surface area contributed by atoms with E-state index in [2.05, 4.69) is 10.4 Å². The van der Waals surface area contributed by atoms with Crippen molar-refractivity contribution in [3.05, 3.63) is 11.4 Å². The molecule has 1 amide bonds. The first-order chi connectivity index (χ1) is 8.13. The number of amides is 1. The second-order valence-corrected chi connectivity index (χ2v) is 4.69. The van der Waals surface area contributed by atoms with Gasteiger partial charge in [-0.15, -0.1) is 0 Å². The van der Waals surface area contributed by atoms with Crippen LogP contribution in [0, 0.1) is 5.92 Å². The van der Waals surface area contributed by atoms with E-state index >= 15 is 0 Å². The van der Waals surface area contributed by atoms with E-state index in [1.165, 1.54) is 19.3 Å². The Bertz CT molecular complexity index is 420. The third-order valence-electron chi connectivity index (χ3n) is 3.49. The number of anilines is 1. The number of carbonyl (C=O) groups excluding carboxylic acids is 1. The lowest BCUT2D eigenvalue weighted by molar-refractivity contribution is 0.0930. The average Bonchev–Trinajstić information content (AvgIpc) is 2.51. The molecule has 0 radical (unpaired) electrons. The lowest BCUT2D eigenvalue weighted by atomic mass is 9.85. The first kappa shape index (κ1) is 12.0. The molecule has 5 nitrogen and oxygen atoms in total. The molecule has 94 valence electrons. The van der Waals surface area contributed by atoms with Crippen LogP contribution in [0.5, 0.6) is 0 Å². The van der Waals surface area contributed by atoms with E-state index in [4.69, 9.17) is 5.73 Å². The van der Waals surface area contributed by atoms with Crippen LogP contribution in [0.15, 0.2) is 0 Å². The van der Waals surface area contributed by atoms with Gasteiger partial charge in [-0.3, -0.25) is 9.48 Å². The molecule has 0 unspecified atom stereocenters. The smallest absolute Gasteiger partial charge is 0.271 e. The molecule has 0 bridgehead atoms. The molecule has 1 fully saturated rings. The van der Waals surface area contributed by atoms with Gasteiger partial charge in [0.2, 0.25) is 0 Å². The summed E-state index contributed by atoms with van der Waals surface area (Å²) < 4.78 is 1.57. The van der Waals surface area contributed by atoms with Crippen LogP contribution in [-0.2, 0) is 13.5 Å². The number of nitrogens with one attached hydrogen (secondary N) is 1. The quantitative estimate of drug-likeness (QED) is 0.822. The monoisotopic (exact) mass is 236 g/mol. The van der Waals surface area contributed by atoms with Gasteiger partial charge in [-0.2, -0.15) is 5.10 Å². The predicted molar refractivity (Wildman–Crippen MR) is 66.7 cm³/mol. The number of nitrogen functional groups attached to an aromatic ring is 1. The van der Waals surface area contributed by atoms with Crippen LogP contribution in [0.25, 0.3) is 0 Å². The fourth-order valence-corrected chi connectivity index (χ4v) is 2.14. The number of aromatic nitrogens is 2. The molecule has 0 aliphatic heterocycles.